The molecule has 3 N–H and O–H groups in total. The molecule has 3 aromatic rings. The smallest absolute Gasteiger partial charge is 0.139 e. The lowest BCUT2D eigenvalue weighted by Crippen LogP contribution is -2.30. The van der Waals surface area contributed by atoms with Gasteiger partial charge in [0.2, 0.25) is 0 Å². The van der Waals surface area contributed by atoms with Crippen molar-refractivity contribution in [3.63, 3.8) is 0 Å². The van der Waals surface area contributed by atoms with Crippen LogP contribution in [0.3, 0.4) is 0 Å². The third-order valence-electron chi connectivity index (χ3n) is 4.84. The maximum Gasteiger partial charge on any atom is 0.139 e. The number of hydrogen-bond donors (Lipinski definition) is 2. The Morgan fingerprint density at radius 3 is 3.08 bits per heavy atom. The fourth-order valence-corrected chi connectivity index (χ4v) is 3.33. The highest BCUT2D eigenvalue weighted by Crippen LogP contribution is 2.28. The van der Waals surface area contributed by atoms with Gasteiger partial charge in [-0.1, -0.05) is 12.1 Å². The summed E-state index contributed by atoms with van der Waals surface area (Å²) in [4.78, 5) is 9.88. The quantitative estimate of drug-likeness (QED) is 0.773. The van der Waals surface area contributed by atoms with Crippen molar-refractivity contribution in [3.05, 3.63) is 42.7 Å². The average molecular weight is 322 g/mol. The molecule has 0 saturated carbocycles. The van der Waals surface area contributed by atoms with Crippen molar-refractivity contribution in [1.82, 2.24) is 14.9 Å². The summed E-state index contributed by atoms with van der Waals surface area (Å²) >= 11 is 0. The van der Waals surface area contributed by atoms with E-state index >= 15 is 0 Å². The molecule has 1 saturated heterocycles. The Morgan fingerprint density at radius 1 is 1.33 bits per heavy atom. The van der Waals surface area contributed by atoms with Crippen molar-refractivity contribution >= 4 is 16.7 Å². The van der Waals surface area contributed by atoms with Crippen LogP contribution in [0.15, 0.2) is 42.7 Å². The predicted octanol–water partition coefficient (Wildman–Crippen LogP) is 3.29. The van der Waals surface area contributed by atoms with Gasteiger partial charge in [-0.05, 0) is 50.2 Å². The standard InChI is InChI=1S/C19H22N4O/c1-23-7-3-5-15(23)12-24-16-6-2-4-13(8-16)14-9-17-18(20)11-22-19(17)21-10-14/h2,4,6,8-11,15H,3,5,7,12,20H2,1H3,(H,21,22)/t15-/m0/s1. The van der Waals surface area contributed by atoms with E-state index in [4.69, 9.17) is 10.5 Å². The van der Waals surface area contributed by atoms with Gasteiger partial charge < -0.3 is 20.4 Å². The third-order valence-corrected chi connectivity index (χ3v) is 4.84. The molecule has 2 aromatic heterocycles. The summed E-state index contributed by atoms with van der Waals surface area (Å²) in [5.41, 5.74) is 9.64. The van der Waals surface area contributed by atoms with Crippen LogP contribution in [0, 0.1) is 0 Å². The van der Waals surface area contributed by atoms with Gasteiger partial charge in [0.1, 0.15) is 18.0 Å². The lowest BCUT2D eigenvalue weighted by Gasteiger charge is -2.19. The van der Waals surface area contributed by atoms with Crippen LogP contribution < -0.4 is 10.5 Å². The minimum Gasteiger partial charge on any atom is -0.492 e. The molecule has 1 aromatic carbocycles. The zero-order valence-electron chi connectivity index (χ0n) is 13.8. The van der Waals surface area contributed by atoms with Crippen LogP contribution in [0.25, 0.3) is 22.2 Å². The molecular formula is C19H22N4O. The first-order chi connectivity index (χ1) is 11.7. The molecule has 1 fully saturated rings. The number of nitrogen functional groups attached to an aromatic ring is 1. The van der Waals surface area contributed by atoms with Gasteiger partial charge >= 0.3 is 0 Å². The number of H-pyrrole nitrogens is 1. The summed E-state index contributed by atoms with van der Waals surface area (Å²) in [6, 6.07) is 10.8. The lowest BCUT2D eigenvalue weighted by molar-refractivity contribution is 0.198. The van der Waals surface area contributed by atoms with Crippen LogP contribution in [0.2, 0.25) is 0 Å². The van der Waals surface area contributed by atoms with Gasteiger partial charge in [-0.15, -0.1) is 0 Å². The summed E-state index contributed by atoms with van der Waals surface area (Å²) in [6.45, 7) is 1.90. The molecule has 4 rings (SSSR count). The number of likely N-dealkylation sites (tertiary alicyclic amines) is 1. The fourth-order valence-electron chi connectivity index (χ4n) is 3.33. The van der Waals surface area contributed by atoms with Crippen LogP contribution in [0.1, 0.15) is 12.8 Å². The molecule has 0 spiro atoms. The van der Waals surface area contributed by atoms with Gasteiger partial charge in [0.25, 0.3) is 0 Å². The normalized spacial score (nSPS) is 18.3. The average Bonchev–Trinajstić information content (AvgIpc) is 3.19. The SMILES string of the molecule is CN1CCC[C@H]1COc1cccc(-c2cnc3[nH]cc(N)c3c2)c1. The first kappa shape index (κ1) is 15.0. The Labute approximate surface area is 141 Å². The highest BCUT2D eigenvalue weighted by Gasteiger charge is 2.21. The molecule has 5 heteroatoms. The topological polar surface area (TPSA) is 67.2 Å². The van der Waals surface area contributed by atoms with Gasteiger partial charge in [0.15, 0.2) is 0 Å². The zero-order valence-corrected chi connectivity index (χ0v) is 13.8. The summed E-state index contributed by atoms with van der Waals surface area (Å²) in [5, 5.41) is 0.950. The number of rotatable bonds is 4. The Hall–Kier alpha value is -2.53. The molecule has 1 aliphatic heterocycles. The van der Waals surface area contributed by atoms with Gasteiger partial charge in [0.05, 0.1) is 5.69 Å². The molecule has 0 aliphatic carbocycles. The van der Waals surface area contributed by atoms with Gasteiger partial charge in [0, 0.05) is 29.4 Å². The van der Waals surface area contributed by atoms with E-state index in [1.807, 2.05) is 18.3 Å². The number of pyridine rings is 1. The summed E-state index contributed by atoms with van der Waals surface area (Å²) in [6.07, 6.45) is 6.11. The minimum atomic E-state index is 0.520. The number of aromatic amines is 1. The van der Waals surface area contributed by atoms with Gasteiger partial charge in [-0.3, -0.25) is 0 Å². The highest BCUT2D eigenvalue weighted by atomic mass is 16.5. The highest BCUT2D eigenvalue weighted by molar-refractivity contribution is 5.91. The van der Waals surface area contributed by atoms with E-state index in [9.17, 15) is 0 Å². The predicted molar refractivity (Wildman–Crippen MR) is 97.1 cm³/mol. The number of nitrogens with one attached hydrogen (secondary N) is 1. The van der Waals surface area contributed by atoms with Crippen LogP contribution in [0.5, 0.6) is 5.75 Å². The summed E-state index contributed by atoms with van der Waals surface area (Å²) < 4.78 is 6.03. The molecule has 5 nitrogen and oxygen atoms in total. The molecule has 1 atom stereocenters. The Bertz CT molecular complexity index is 857. The molecule has 0 amide bonds. The van der Waals surface area contributed by atoms with Gasteiger partial charge in [-0.25, -0.2) is 4.98 Å². The second kappa shape index (κ2) is 6.17. The van der Waals surface area contributed by atoms with E-state index < -0.39 is 0 Å². The van der Waals surface area contributed by atoms with E-state index in [1.54, 1.807) is 6.20 Å². The van der Waals surface area contributed by atoms with Crippen molar-refractivity contribution < 1.29 is 4.74 Å². The number of ether oxygens (including phenoxy) is 1. The second-order valence-electron chi connectivity index (χ2n) is 6.48. The van der Waals surface area contributed by atoms with E-state index in [2.05, 4.69) is 40.1 Å². The lowest BCUT2D eigenvalue weighted by atomic mass is 10.1. The van der Waals surface area contributed by atoms with Crippen LogP contribution in [-0.4, -0.2) is 41.1 Å². The van der Waals surface area contributed by atoms with E-state index in [0.29, 0.717) is 6.04 Å². The number of hydrogen-bond acceptors (Lipinski definition) is 4. The monoisotopic (exact) mass is 322 g/mol. The van der Waals surface area contributed by atoms with Crippen LogP contribution in [0.4, 0.5) is 5.69 Å². The van der Waals surface area contributed by atoms with E-state index in [-0.39, 0.29) is 0 Å². The van der Waals surface area contributed by atoms with Crippen molar-refractivity contribution in [2.75, 3.05) is 25.9 Å². The molecule has 24 heavy (non-hydrogen) atoms. The fraction of sp³-hybridized carbons (Fsp3) is 0.316. The number of nitrogens with two attached hydrogens (primary N) is 1. The largest absolute Gasteiger partial charge is 0.492 e. The van der Waals surface area contributed by atoms with Crippen LogP contribution in [-0.2, 0) is 0 Å². The van der Waals surface area contributed by atoms with E-state index in [1.165, 1.54) is 12.8 Å². The number of nitrogens with zero attached hydrogens (tertiary/aromatic N) is 2. The molecular weight excluding hydrogens is 300 g/mol. The summed E-state index contributed by atoms with van der Waals surface area (Å²) in [5.74, 6) is 0.898. The second-order valence-corrected chi connectivity index (χ2v) is 6.48. The van der Waals surface area contributed by atoms with Crippen LogP contribution >= 0.6 is 0 Å². The maximum absolute atomic E-state index is 6.03. The number of aromatic nitrogens is 2. The molecule has 0 unspecified atom stereocenters. The van der Waals surface area contributed by atoms with Gasteiger partial charge in [-0.2, -0.15) is 0 Å². The van der Waals surface area contributed by atoms with Crippen molar-refractivity contribution in [2.24, 2.45) is 0 Å². The first-order valence-electron chi connectivity index (χ1n) is 8.37. The Morgan fingerprint density at radius 2 is 2.25 bits per heavy atom. The third kappa shape index (κ3) is 2.83. The molecule has 1 aliphatic rings. The van der Waals surface area contributed by atoms with Crippen molar-refractivity contribution in [1.29, 1.82) is 0 Å². The first-order valence-corrected chi connectivity index (χ1v) is 8.37. The number of benzene rings is 1. The molecule has 0 radical (unpaired) electrons. The number of likely N-dealkylation sites (N-methyl/N-ethyl adjacent to an activating group) is 1. The van der Waals surface area contributed by atoms with E-state index in [0.717, 1.165) is 46.7 Å². The van der Waals surface area contributed by atoms with Crippen molar-refractivity contribution in [2.45, 2.75) is 18.9 Å². The number of fused-ring (bicyclic) bond motifs is 1. The minimum absolute atomic E-state index is 0.520. The Balaban J connectivity index is 1.55. The molecule has 3 heterocycles. The summed E-state index contributed by atoms with van der Waals surface area (Å²) in [7, 11) is 2.17. The zero-order chi connectivity index (χ0) is 16.5. The van der Waals surface area contributed by atoms with Crippen molar-refractivity contribution in [3.8, 4) is 16.9 Å². The molecule has 0 bridgehead atoms. The maximum atomic E-state index is 6.03. The number of anilines is 1. The Kier molecular flexibility index (Phi) is 3.86. The molecule has 124 valence electrons.